The molecule has 0 aliphatic carbocycles. The van der Waals surface area contributed by atoms with Gasteiger partial charge in [-0.05, 0) is 18.6 Å². The minimum atomic E-state index is -0.326. The van der Waals surface area contributed by atoms with Crippen molar-refractivity contribution in [2.75, 3.05) is 38.1 Å². The van der Waals surface area contributed by atoms with Crippen LogP contribution in [0.4, 0.5) is 10.1 Å². The molecule has 5 nitrogen and oxygen atoms in total. The Labute approximate surface area is 129 Å². The van der Waals surface area contributed by atoms with Crippen molar-refractivity contribution in [3.8, 4) is 0 Å². The summed E-state index contributed by atoms with van der Waals surface area (Å²) in [4.78, 5) is 29.4. The number of piperazine rings is 1. The average Bonchev–Trinajstić information content (AvgIpc) is 2.87. The van der Waals surface area contributed by atoms with Crippen LogP contribution in [0.3, 0.4) is 0 Å². The average molecular weight is 305 g/mol. The zero-order valence-electron chi connectivity index (χ0n) is 12.7. The smallest absolute Gasteiger partial charge is 0.245 e. The zero-order valence-corrected chi connectivity index (χ0v) is 12.7. The summed E-state index contributed by atoms with van der Waals surface area (Å²) in [5, 5.41) is 0. The second-order valence-corrected chi connectivity index (χ2v) is 5.82. The van der Waals surface area contributed by atoms with E-state index in [0.717, 1.165) is 0 Å². The Balaban J connectivity index is 1.61. The van der Waals surface area contributed by atoms with E-state index in [4.69, 9.17) is 0 Å². The summed E-state index contributed by atoms with van der Waals surface area (Å²) in [5.41, 5.74) is 0.586. The molecule has 3 rings (SSSR count). The van der Waals surface area contributed by atoms with E-state index >= 15 is 0 Å². The van der Waals surface area contributed by atoms with E-state index in [-0.39, 0.29) is 23.7 Å². The summed E-state index contributed by atoms with van der Waals surface area (Å²) in [5.74, 6) is -0.187. The van der Waals surface area contributed by atoms with Gasteiger partial charge in [0, 0.05) is 39.6 Å². The first kappa shape index (κ1) is 14.8. The molecule has 1 atom stereocenters. The van der Waals surface area contributed by atoms with Crippen LogP contribution in [0.1, 0.15) is 12.8 Å². The number of carbonyl (C=O) groups excluding carboxylic acids is 2. The lowest BCUT2D eigenvalue weighted by molar-refractivity contribution is -0.140. The molecule has 0 saturated carbocycles. The molecule has 2 aliphatic heterocycles. The first-order chi connectivity index (χ1) is 10.6. The van der Waals surface area contributed by atoms with E-state index in [0.29, 0.717) is 44.7 Å². The molecule has 0 aromatic heterocycles. The summed E-state index contributed by atoms with van der Waals surface area (Å²) in [6.07, 6.45) is 1.05. The van der Waals surface area contributed by atoms with Crippen LogP contribution in [-0.4, -0.2) is 60.9 Å². The molecular weight excluding hydrogens is 285 g/mol. The normalized spacial score (nSPS) is 22.4. The first-order valence-corrected chi connectivity index (χ1v) is 7.62. The first-order valence-electron chi connectivity index (χ1n) is 7.62. The quantitative estimate of drug-likeness (QED) is 0.822. The standard InChI is InChI=1S/C16H20FN3O2/c1-18-14(6-7-15(18)21)16(22)20-10-8-19(9-11-20)13-5-3-2-4-12(13)17/h2-5,14H,6-11H2,1H3. The van der Waals surface area contributed by atoms with Gasteiger partial charge in [0.05, 0.1) is 5.69 Å². The highest BCUT2D eigenvalue weighted by Gasteiger charge is 2.36. The lowest BCUT2D eigenvalue weighted by Crippen LogP contribution is -2.53. The Morgan fingerprint density at radius 3 is 2.45 bits per heavy atom. The highest BCUT2D eigenvalue weighted by molar-refractivity contribution is 5.90. The number of para-hydroxylation sites is 1. The van der Waals surface area contributed by atoms with Gasteiger partial charge < -0.3 is 14.7 Å². The predicted octanol–water partition coefficient (Wildman–Crippen LogP) is 1.10. The molecule has 1 aromatic carbocycles. The van der Waals surface area contributed by atoms with E-state index < -0.39 is 0 Å². The molecule has 1 aromatic rings. The molecule has 118 valence electrons. The Morgan fingerprint density at radius 1 is 1.18 bits per heavy atom. The predicted molar refractivity (Wildman–Crippen MR) is 81.0 cm³/mol. The van der Waals surface area contributed by atoms with Gasteiger partial charge >= 0.3 is 0 Å². The molecule has 2 saturated heterocycles. The minimum Gasteiger partial charge on any atom is -0.366 e. The number of amides is 2. The van der Waals surface area contributed by atoms with E-state index in [2.05, 4.69) is 0 Å². The number of hydrogen-bond donors (Lipinski definition) is 0. The third kappa shape index (κ3) is 2.65. The maximum absolute atomic E-state index is 13.8. The number of halogens is 1. The van der Waals surface area contributed by atoms with E-state index in [1.165, 1.54) is 6.07 Å². The van der Waals surface area contributed by atoms with Crippen molar-refractivity contribution in [1.29, 1.82) is 0 Å². The summed E-state index contributed by atoms with van der Waals surface area (Å²) in [6, 6.07) is 6.37. The van der Waals surface area contributed by atoms with Crippen molar-refractivity contribution in [1.82, 2.24) is 9.80 Å². The summed E-state index contributed by atoms with van der Waals surface area (Å²) >= 11 is 0. The fourth-order valence-corrected chi connectivity index (χ4v) is 3.18. The largest absolute Gasteiger partial charge is 0.366 e. The van der Waals surface area contributed by atoms with Crippen LogP contribution in [0.25, 0.3) is 0 Å². The van der Waals surface area contributed by atoms with Gasteiger partial charge in [0.1, 0.15) is 11.9 Å². The molecule has 1 unspecified atom stereocenters. The molecule has 6 heteroatoms. The van der Waals surface area contributed by atoms with Gasteiger partial charge in [-0.15, -0.1) is 0 Å². The summed E-state index contributed by atoms with van der Waals surface area (Å²) < 4.78 is 13.8. The third-order valence-electron chi connectivity index (χ3n) is 4.56. The third-order valence-corrected chi connectivity index (χ3v) is 4.56. The molecule has 0 bridgehead atoms. The van der Waals surface area contributed by atoms with Crippen molar-refractivity contribution >= 4 is 17.5 Å². The van der Waals surface area contributed by atoms with Gasteiger partial charge in [-0.25, -0.2) is 4.39 Å². The minimum absolute atomic E-state index is 0.0153. The van der Waals surface area contributed by atoms with E-state index in [9.17, 15) is 14.0 Å². The highest BCUT2D eigenvalue weighted by Crippen LogP contribution is 2.22. The number of carbonyl (C=O) groups is 2. The lowest BCUT2D eigenvalue weighted by Gasteiger charge is -2.38. The van der Waals surface area contributed by atoms with Crippen molar-refractivity contribution < 1.29 is 14.0 Å². The topological polar surface area (TPSA) is 43.9 Å². The maximum atomic E-state index is 13.8. The molecule has 0 spiro atoms. The lowest BCUT2D eigenvalue weighted by atomic mass is 10.1. The number of anilines is 1. The van der Waals surface area contributed by atoms with Gasteiger partial charge in [-0.3, -0.25) is 9.59 Å². The van der Waals surface area contributed by atoms with Crippen molar-refractivity contribution in [3.05, 3.63) is 30.1 Å². The summed E-state index contributed by atoms with van der Waals surface area (Å²) in [6.45, 7) is 2.34. The van der Waals surface area contributed by atoms with Crippen molar-refractivity contribution in [3.63, 3.8) is 0 Å². The number of likely N-dealkylation sites (tertiary alicyclic amines) is 1. The van der Waals surface area contributed by atoms with Crippen LogP contribution in [0.15, 0.2) is 24.3 Å². The summed E-state index contributed by atoms with van der Waals surface area (Å²) in [7, 11) is 1.69. The molecule has 22 heavy (non-hydrogen) atoms. The Hall–Kier alpha value is -2.11. The van der Waals surface area contributed by atoms with Gasteiger partial charge in [-0.1, -0.05) is 12.1 Å². The SMILES string of the molecule is CN1C(=O)CCC1C(=O)N1CCN(c2ccccc2F)CC1. The number of likely N-dealkylation sites (N-methyl/N-ethyl adjacent to an activating group) is 1. The molecule has 0 N–H and O–H groups in total. The Bertz CT molecular complexity index is 585. The zero-order chi connectivity index (χ0) is 15.7. The van der Waals surface area contributed by atoms with Crippen molar-refractivity contribution in [2.45, 2.75) is 18.9 Å². The van der Waals surface area contributed by atoms with Crippen molar-refractivity contribution in [2.24, 2.45) is 0 Å². The maximum Gasteiger partial charge on any atom is 0.245 e. The van der Waals surface area contributed by atoms with Crippen LogP contribution < -0.4 is 4.90 Å². The monoisotopic (exact) mass is 305 g/mol. The van der Waals surface area contributed by atoms with Gasteiger partial charge in [-0.2, -0.15) is 0 Å². The van der Waals surface area contributed by atoms with E-state index in [1.807, 2.05) is 11.0 Å². The van der Waals surface area contributed by atoms with E-state index in [1.54, 1.807) is 29.0 Å². The molecule has 2 amide bonds. The molecule has 2 heterocycles. The molecule has 0 radical (unpaired) electrons. The Morgan fingerprint density at radius 2 is 1.86 bits per heavy atom. The molecular formula is C16H20FN3O2. The fourth-order valence-electron chi connectivity index (χ4n) is 3.18. The highest BCUT2D eigenvalue weighted by atomic mass is 19.1. The van der Waals surface area contributed by atoms with Crippen LogP contribution in [0.5, 0.6) is 0 Å². The number of benzene rings is 1. The number of nitrogens with zero attached hydrogens (tertiary/aromatic N) is 3. The fraction of sp³-hybridized carbons (Fsp3) is 0.500. The van der Waals surface area contributed by atoms with Crippen LogP contribution >= 0.6 is 0 Å². The van der Waals surface area contributed by atoms with Crippen LogP contribution in [-0.2, 0) is 9.59 Å². The molecule has 2 fully saturated rings. The van der Waals surface area contributed by atoms with Gasteiger partial charge in [0.15, 0.2) is 0 Å². The molecule has 2 aliphatic rings. The van der Waals surface area contributed by atoms with Gasteiger partial charge in [0.2, 0.25) is 11.8 Å². The second-order valence-electron chi connectivity index (χ2n) is 5.82. The number of hydrogen-bond acceptors (Lipinski definition) is 3. The second kappa shape index (κ2) is 5.94. The number of rotatable bonds is 2. The Kier molecular flexibility index (Phi) is 4.00. The van der Waals surface area contributed by atoms with Gasteiger partial charge in [0.25, 0.3) is 0 Å². The van der Waals surface area contributed by atoms with Crippen LogP contribution in [0, 0.1) is 5.82 Å². The van der Waals surface area contributed by atoms with Crippen LogP contribution in [0.2, 0.25) is 0 Å².